The average molecular weight is 1760 g/mol. The number of unbranched alkanes of at least 4 members (excludes halogenated alkanes) is 8. The van der Waals surface area contributed by atoms with Crippen molar-refractivity contribution in [3.8, 4) is 68.5 Å². The van der Waals surface area contributed by atoms with Gasteiger partial charge in [0.2, 0.25) is 0 Å². The molecule has 0 spiro atoms. The van der Waals surface area contributed by atoms with Crippen LogP contribution < -0.4 is 29.1 Å². The molecule has 1 atom stereocenters. The van der Waals surface area contributed by atoms with Crippen LogP contribution in [0.2, 0.25) is 0 Å². The van der Waals surface area contributed by atoms with Crippen LogP contribution in [-0.4, -0.2) is 118 Å². The molecule has 37 heteroatoms. The largest absolute Gasteiger partial charge is 0.420 e. The van der Waals surface area contributed by atoms with E-state index < -0.39 is 29.3 Å². The summed E-state index contributed by atoms with van der Waals surface area (Å²) in [4.78, 5) is 22.2. The van der Waals surface area contributed by atoms with Crippen molar-refractivity contribution in [2.45, 2.75) is 204 Å². The highest BCUT2D eigenvalue weighted by Gasteiger charge is 2.37. The van der Waals surface area contributed by atoms with Crippen molar-refractivity contribution < 1.29 is 67.4 Å². The lowest BCUT2D eigenvalue weighted by Crippen LogP contribution is -2.27. The van der Waals surface area contributed by atoms with Crippen LogP contribution in [0.25, 0.3) is 50.6 Å². The molecule has 1 N–H and O–H groups in total. The maximum atomic E-state index is 13.8. The number of alkyl halides is 12. The van der Waals surface area contributed by atoms with Gasteiger partial charge in [0.25, 0.3) is 29.1 Å². The Morgan fingerprint density at radius 2 is 1.00 bits per heavy atom. The first-order chi connectivity index (χ1) is 52.0. The van der Waals surface area contributed by atoms with E-state index in [1.54, 1.807) is 79.6 Å². The number of hydrogen-bond acceptors (Lipinski definition) is 23. The Hall–Kier alpha value is -7.16. The predicted molar refractivity (Wildman–Crippen MR) is 419 cm³/mol. The van der Waals surface area contributed by atoms with Gasteiger partial charge in [-0.25, -0.2) is 4.57 Å². The summed E-state index contributed by atoms with van der Waals surface area (Å²) in [7, 11) is 3.84. The summed E-state index contributed by atoms with van der Waals surface area (Å²) in [6.45, 7) is 17.1. The van der Waals surface area contributed by atoms with Gasteiger partial charge in [0.1, 0.15) is 24.1 Å². The Labute approximate surface area is 667 Å². The molecular weight excluding hydrogens is 1670 g/mol. The molecule has 1 aliphatic heterocycles. The number of hydrogen-bond donors (Lipinski definition) is 1. The van der Waals surface area contributed by atoms with Gasteiger partial charge < -0.3 is 23.8 Å². The number of allylic oxidation sites excluding steroid dienone is 2. The van der Waals surface area contributed by atoms with E-state index in [-0.39, 0.29) is 65.3 Å². The number of aryl methyl sites for hydroxylation is 1. The van der Waals surface area contributed by atoms with Crippen LogP contribution in [0.3, 0.4) is 0 Å². The molecule has 109 heavy (non-hydrogen) atoms. The Bertz CT molecular complexity index is 4050. The molecule has 0 aliphatic carbocycles. The second kappa shape index (κ2) is 50.7. The number of H-pyrrole nitrogens is 1. The third-order valence-corrected chi connectivity index (χ3v) is 18.2. The van der Waals surface area contributed by atoms with E-state index in [0.717, 1.165) is 153 Å². The minimum absolute atomic E-state index is 0.0388. The van der Waals surface area contributed by atoms with Crippen molar-refractivity contribution in [3.63, 3.8) is 0 Å². The highest BCUT2D eigenvalue weighted by molar-refractivity contribution is 9.10. The number of halogens is 12. The molecule has 0 fully saturated rings. The van der Waals surface area contributed by atoms with Gasteiger partial charge in [0, 0.05) is 102 Å². The lowest BCUT2D eigenvalue weighted by Gasteiger charge is -2.23. The van der Waals surface area contributed by atoms with Gasteiger partial charge in [-0.2, -0.15) is 65.8 Å². The van der Waals surface area contributed by atoms with Crippen molar-refractivity contribution in [3.05, 3.63) is 145 Å². The lowest BCUT2D eigenvalue weighted by molar-refractivity contribution is -0.671. The predicted octanol–water partition coefficient (Wildman–Crippen LogP) is 22.3. The summed E-state index contributed by atoms with van der Waals surface area (Å²) >= 11 is 9.94. The zero-order chi connectivity index (χ0) is 80.1. The maximum absolute atomic E-state index is 13.8. The van der Waals surface area contributed by atoms with Crippen LogP contribution in [0.1, 0.15) is 176 Å². The zero-order valence-corrected chi connectivity index (χ0v) is 69.0. The number of pyridine rings is 4. The minimum Gasteiger partial charge on any atom is -0.411 e. The fraction of sp³-hybridized carbons (Fsp3) is 0.500. The van der Waals surface area contributed by atoms with Crippen molar-refractivity contribution in [1.29, 1.82) is 0 Å². The molecule has 0 radical (unpaired) electrons. The minimum atomic E-state index is -3.40. The van der Waals surface area contributed by atoms with Crippen molar-refractivity contribution >= 4 is 96.1 Å². The molecule has 9 aromatic heterocycles. The fourth-order valence-electron chi connectivity index (χ4n) is 9.14. The van der Waals surface area contributed by atoms with Gasteiger partial charge >= 0.3 is 29.3 Å². The molecule has 10 rings (SSSR count). The SMILES string of the molecule is C=CCCC.CCC/C=C/C(F)(F)Oc1nsnc1-c1cccnc1.CCCC(Br)CC(F)(F)Br.CCCCCC(F)(F)Oc1nsnc1-c1ccc[n+](C)c1.CCCCCC(F)(F)Oc1nsnc1-c1cccnc1.CCCCCC(F)(F)Oc1nsnc1C1=CCCN(C)C1.O=c1[nH]snc1-c1cccnc1. The van der Waals surface area contributed by atoms with Crippen LogP contribution in [0.5, 0.6) is 23.5 Å². The Morgan fingerprint density at radius 3 is 1.38 bits per heavy atom. The van der Waals surface area contributed by atoms with Gasteiger partial charge in [0.05, 0.1) is 71.7 Å². The molecular formula is C72H92Br2F10N15O5S5+. The summed E-state index contributed by atoms with van der Waals surface area (Å²) in [6.07, 6.45) is 17.8. The van der Waals surface area contributed by atoms with E-state index >= 15 is 0 Å². The second-order valence-electron chi connectivity index (χ2n) is 24.1. The zero-order valence-electron chi connectivity index (χ0n) is 61.8. The number of nitrogens with zero attached hydrogens (tertiary/aromatic N) is 14. The molecule has 0 saturated heterocycles. The number of ether oxygens (including phenoxy) is 4. The van der Waals surface area contributed by atoms with Gasteiger partial charge in [-0.3, -0.25) is 24.1 Å². The number of aromatic nitrogens is 14. The van der Waals surface area contributed by atoms with Gasteiger partial charge in [-0.05, 0) is 116 Å². The highest BCUT2D eigenvalue weighted by atomic mass is 79.9. The van der Waals surface area contributed by atoms with E-state index in [1.807, 2.05) is 77.7 Å². The monoisotopic (exact) mass is 1750 g/mol. The van der Waals surface area contributed by atoms with Crippen molar-refractivity contribution in [2.75, 3.05) is 20.1 Å². The van der Waals surface area contributed by atoms with Crippen LogP contribution in [0.15, 0.2) is 134 Å². The molecule has 1 unspecified atom stereocenters. The number of aromatic amines is 1. The van der Waals surface area contributed by atoms with Crippen molar-refractivity contribution in [1.82, 2.24) is 63.6 Å². The molecule has 9 aromatic rings. The smallest absolute Gasteiger partial charge is 0.411 e. The fourth-order valence-corrected chi connectivity index (χ4v) is 13.4. The third-order valence-electron chi connectivity index (χ3n) is 14.5. The van der Waals surface area contributed by atoms with E-state index in [0.29, 0.717) is 71.7 Å². The Balaban J connectivity index is 0.000000277. The van der Waals surface area contributed by atoms with E-state index in [4.69, 9.17) is 14.2 Å². The van der Waals surface area contributed by atoms with E-state index in [9.17, 15) is 48.7 Å². The quantitative estimate of drug-likeness (QED) is 0.0130. The molecule has 1 aliphatic rings. The lowest BCUT2D eigenvalue weighted by atomic mass is 10.1. The average Bonchev–Trinajstić information content (AvgIpc) is 1.75. The van der Waals surface area contributed by atoms with E-state index in [2.05, 4.69) is 114 Å². The standard InChI is InChI=1S/C14H21F2N3OS.C14H18F2N3OS.C13H15F2N3OS.C13H13F2N3OS.C7H5N3OS.C6H10Br2F2.C5H10/c2*1-3-4-5-8-14(15,16)20-13-12(17-21-18-13)11-7-6-9-19(2)10-11;2*1-2-3-4-7-13(14,15)19-12-11(17-20-18-12)10-6-5-8-16-9-10;11-7-6(9-12-10-7)5-2-1-3-8-4-5;1-2-3-5(7)4-6(8,9)10;1-3-5-4-2/h7H,3-6,8-10H2,1-2H3;6-7,9-10H,3-5,8H2,1-2H3;5-6,8-9H,2-4,7H2,1H3;4-9H,2-3H2,1H3;1-4H,(H,10,11);5H,2-4H2,1H3;3H,1,4-5H2,2H3/q;+1;;;;;/b;;;7-4+;;;. The molecule has 0 saturated carbocycles. The maximum Gasteiger partial charge on any atom is 0.420 e. The Morgan fingerprint density at radius 1 is 0.569 bits per heavy atom. The first kappa shape index (κ1) is 94.2. The number of nitrogens with one attached hydrogen (secondary N) is 1. The molecule has 598 valence electrons. The second-order valence-corrected chi connectivity index (χ2v) is 29.2. The molecule has 0 bridgehead atoms. The van der Waals surface area contributed by atoms with Crippen molar-refractivity contribution in [2.24, 2.45) is 7.05 Å². The molecule has 0 amide bonds. The first-order valence-corrected chi connectivity index (χ1v) is 40.6. The summed E-state index contributed by atoms with van der Waals surface area (Å²) in [5, 5.41) is 0. The summed E-state index contributed by atoms with van der Waals surface area (Å²) < 4.78 is 193. The highest BCUT2D eigenvalue weighted by Crippen LogP contribution is 2.38. The topological polar surface area (TPSA) is 232 Å². The summed E-state index contributed by atoms with van der Waals surface area (Å²) in [5.74, 6) is -0.464. The van der Waals surface area contributed by atoms with Crippen LogP contribution in [0, 0.1) is 0 Å². The van der Waals surface area contributed by atoms with Gasteiger partial charge in [0.15, 0.2) is 23.8 Å². The van der Waals surface area contributed by atoms with Crippen LogP contribution >= 0.6 is 90.5 Å². The van der Waals surface area contributed by atoms with Crippen LogP contribution in [-0.2, 0) is 7.05 Å². The third kappa shape index (κ3) is 38.1. The van der Waals surface area contributed by atoms with Crippen LogP contribution in [0.4, 0.5) is 43.9 Å². The normalized spacial score (nSPS) is 12.6. The first-order valence-electron chi connectivity index (χ1n) is 35.2. The number of rotatable bonds is 34. The molecule has 0 aromatic carbocycles. The molecule has 20 nitrogen and oxygen atoms in total. The summed E-state index contributed by atoms with van der Waals surface area (Å²) in [6, 6.07) is 14.0. The van der Waals surface area contributed by atoms with Gasteiger partial charge in [-0.1, -0.05) is 133 Å². The van der Waals surface area contributed by atoms with Gasteiger partial charge in [-0.15, -0.1) is 24.1 Å². The van der Waals surface area contributed by atoms with E-state index in [1.165, 1.54) is 18.7 Å². The Kier molecular flexibility index (Phi) is 43.8. The number of likely N-dealkylation sites (N-methyl/N-ethyl adjacent to an activating group) is 1. The molecule has 10 heterocycles. The summed E-state index contributed by atoms with van der Waals surface area (Å²) in [5.41, 5.74) is 5.23.